The van der Waals surface area contributed by atoms with Gasteiger partial charge in [0.15, 0.2) is 0 Å². The molecule has 8 rings (SSSR count). The van der Waals surface area contributed by atoms with E-state index in [1.807, 2.05) is 53.2 Å². The summed E-state index contributed by atoms with van der Waals surface area (Å²) in [6.45, 7) is 16.8. The molecule has 8 nitrogen and oxygen atoms in total. The van der Waals surface area contributed by atoms with E-state index < -0.39 is 0 Å². The van der Waals surface area contributed by atoms with E-state index in [9.17, 15) is 9.59 Å². The van der Waals surface area contributed by atoms with Crippen LogP contribution in [0.5, 0.6) is 11.5 Å². The fraction of sp³-hybridized carbons (Fsp3) is 0.538. The fourth-order valence-electron chi connectivity index (χ4n) is 9.73. The molecule has 4 atom stereocenters. The molecule has 252 valence electrons. The number of nitrogens with zero attached hydrogens (tertiary/aromatic N) is 3. The highest BCUT2D eigenvalue weighted by atomic mass is 16.5. The number of aromatic amines is 1. The Hall–Kier alpha value is -3.94. The van der Waals surface area contributed by atoms with Gasteiger partial charge in [-0.25, -0.2) is 9.36 Å². The number of fused-ring (bicyclic) bond motifs is 10. The van der Waals surface area contributed by atoms with E-state index in [1.54, 1.807) is 18.9 Å². The molecule has 0 amide bonds. The van der Waals surface area contributed by atoms with Gasteiger partial charge in [-0.3, -0.25) is 19.4 Å². The summed E-state index contributed by atoms with van der Waals surface area (Å²) in [5, 5.41) is 3.41. The summed E-state index contributed by atoms with van der Waals surface area (Å²) in [4.78, 5) is 26.3. The Morgan fingerprint density at radius 3 is 1.72 bits per heavy atom. The van der Waals surface area contributed by atoms with Crippen molar-refractivity contribution < 1.29 is 9.47 Å². The van der Waals surface area contributed by atoms with Crippen molar-refractivity contribution >= 4 is 0 Å². The van der Waals surface area contributed by atoms with Crippen LogP contribution in [0.4, 0.5) is 0 Å². The van der Waals surface area contributed by atoms with Crippen LogP contribution in [0.2, 0.25) is 0 Å². The molecule has 2 saturated carbocycles. The largest absolute Gasteiger partial charge is 0.497 e. The van der Waals surface area contributed by atoms with E-state index >= 15 is 0 Å². The Bertz CT molecular complexity index is 1940. The van der Waals surface area contributed by atoms with E-state index in [2.05, 4.69) is 58.2 Å². The third-order valence-corrected chi connectivity index (χ3v) is 13.3. The number of nitrogens with one attached hydrogen (secondary N) is 1. The van der Waals surface area contributed by atoms with Crippen molar-refractivity contribution in [2.45, 2.75) is 111 Å². The quantitative estimate of drug-likeness (QED) is 0.241. The van der Waals surface area contributed by atoms with Crippen LogP contribution in [0.15, 0.2) is 58.1 Å². The lowest BCUT2D eigenvalue weighted by molar-refractivity contribution is 0.216. The highest BCUT2D eigenvalue weighted by molar-refractivity contribution is 5.49. The molecule has 4 aromatic rings. The van der Waals surface area contributed by atoms with Gasteiger partial charge < -0.3 is 9.47 Å². The average molecular weight is 641 g/mol. The Kier molecular flexibility index (Phi) is 7.57. The zero-order chi connectivity index (χ0) is 33.0. The van der Waals surface area contributed by atoms with Crippen LogP contribution in [0.25, 0.3) is 11.4 Å². The number of benzene rings is 2. The summed E-state index contributed by atoms with van der Waals surface area (Å²) in [5.41, 5.74) is 7.02. The predicted molar refractivity (Wildman–Crippen MR) is 188 cm³/mol. The second kappa shape index (κ2) is 10.8. The summed E-state index contributed by atoms with van der Waals surface area (Å²) in [6.07, 6.45) is 4.57. The molecule has 0 aliphatic heterocycles. The molecule has 4 aliphatic rings. The minimum Gasteiger partial charge on any atom is -0.497 e. The Morgan fingerprint density at radius 2 is 1.21 bits per heavy atom. The van der Waals surface area contributed by atoms with Crippen LogP contribution >= 0.6 is 0 Å². The van der Waals surface area contributed by atoms with E-state index in [0.29, 0.717) is 11.8 Å². The maximum absolute atomic E-state index is 13.3. The lowest BCUT2D eigenvalue weighted by Crippen LogP contribution is -2.35. The van der Waals surface area contributed by atoms with Gasteiger partial charge >= 0.3 is 0 Å². The van der Waals surface area contributed by atoms with Crippen molar-refractivity contribution in [1.29, 1.82) is 0 Å². The minimum atomic E-state index is 0. The minimum absolute atomic E-state index is 0. The normalized spacial score (nSPS) is 26.7. The van der Waals surface area contributed by atoms with Gasteiger partial charge in [0.1, 0.15) is 11.5 Å². The highest BCUT2D eigenvalue weighted by Gasteiger charge is 2.63. The van der Waals surface area contributed by atoms with Gasteiger partial charge in [-0.05, 0) is 104 Å². The molecule has 8 heteroatoms. The molecule has 2 heterocycles. The van der Waals surface area contributed by atoms with E-state index in [1.165, 1.54) is 12.1 Å². The summed E-state index contributed by atoms with van der Waals surface area (Å²) >= 11 is 0. The van der Waals surface area contributed by atoms with Crippen LogP contribution in [0.3, 0.4) is 0 Å². The van der Waals surface area contributed by atoms with Crippen molar-refractivity contribution in [3.63, 3.8) is 0 Å². The fourth-order valence-corrected chi connectivity index (χ4v) is 9.73. The SMILES string of the molecule is C.CCn1c2c(c(=O)n1-c1ccc(OC)cc1)[C@H]1CC[C@]2(C)C1(C)C.COc1ccc(-n2[nH]c3c(c2=O)[C@H]2CC[C@]3(C)C2(C)C)cc1. The maximum Gasteiger partial charge on any atom is 0.275 e. The summed E-state index contributed by atoms with van der Waals surface area (Å²) < 4.78 is 16.2. The van der Waals surface area contributed by atoms with Crippen LogP contribution < -0.4 is 20.6 Å². The third-order valence-electron chi connectivity index (χ3n) is 13.3. The van der Waals surface area contributed by atoms with Crippen LogP contribution in [-0.2, 0) is 17.4 Å². The van der Waals surface area contributed by atoms with Gasteiger partial charge in [0.25, 0.3) is 11.1 Å². The van der Waals surface area contributed by atoms with Crippen molar-refractivity contribution in [2.75, 3.05) is 14.2 Å². The molecule has 0 saturated heterocycles. The van der Waals surface area contributed by atoms with Crippen LogP contribution in [0, 0.1) is 10.8 Å². The first-order valence-electron chi connectivity index (χ1n) is 16.8. The van der Waals surface area contributed by atoms with Gasteiger partial charge in [0, 0.05) is 34.2 Å². The van der Waals surface area contributed by atoms with Gasteiger partial charge in [-0.1, -0.05) is 49.0 Å². The monoisotopic (exact) mass is 640 g/mol. The van der Waals surface area contributed by atoms with Gasteiger partial charge in [-0.15, -0.1) is 0 Å². The standard InChI is InChI=1S/C20H26N2O2.C18H22N2O2.CH4/c1-6-21-17-16(15-11-12-20(17,4)19(15,2)3)18(23)22(21)13-7-9-14(24-5)10-8-13;1-17(2)13-9-10-18(17,3)15-14(13)16(21)20(19-15)11-5-7-12(22-4)8-6-11;/h7-10,15H,6,11-12H2,1-5H3;5-8,13,19H,9-10H2,1-4H3;1H4/t15-,20+;13-,18+;/m11./s1. The second-order valence-corrected chi connectivity index (χ2v) is 15.3. The van der Waals surface area contributed by atoms with Crippen molar-refractivity contribution in [2.24, 2.45) is 10.8 Å². The number of aromatic nitrogens is 4. The number of rotatable bonds is 5. The summed E-state index contributed by atoms with van der Waals surface area (Å²) in [6, 6.07) is 15.4. The maximum atomic E-state index is 13.3. The number of hydrogen-bond donors (Lipinski definition) is 1. The molecular weight excluding hydrogens is 588 g/mol. The molecule has 0 radical (unpaired) electrons. The molecule has 2 aromatic carbocycles. The zero-order valence-electron chi connectivity index (χ0n) is 28.8. The second-order valence-electron chi connectivity index (χ2n) is 15.3. The average Bonchev–Trinajstić information content (AvgIpc) is 3.77. The molecule has 1 N–H and O–H groups in total. The van der Waals surface area contributed by atoms with Crippen molar-refractivity contribution in [3.8, 4) is 22.9 Å². The molecule has 2 aromatic heterocycles. The predicted octanol–water partition coefficient (Wildman–Crippen LogP) is 7.83. The highest BCUT2D eigenvalue weighted by Crippen LogP contribution is 2.67. The first-order chi connectivity index (χ1) is 21.8. The number of ether oxygens (including phenoxy) is 2. The molecule has 47 heavy (non-hydrogen) atoms. The van der Waals surface area contributed by atoms with Gasteiger partial charge in [-0.2, -0.15) is 0 Å². The molecular formula is C39H52N4O4. The number of hydrogen-bond acceptors (Lipinski definition) is 4. The van der Waals surface area contributed by atoms with Crippen molar-refractivity contribution in [3.05, 3.63) is 91.8 Å². The molecule has 0 unspecified atom stereocenters. The van der Waals surface area contributed by atoms with Crippen LogP contribution in [-0.4, -0.2) is 33.4 Å². The summed E-state index contributed by atoms with van der Waals surface area (Å²) in [5.74, 6) is 2.35. The van der Waals surface area contributed by atoms with E-state index in [4.69, 9.17) is 9.47 Å². The first-order valence-corrected chi connectivity index (χ1v) is 16.8. The molecule has 4 aliphatic carbocycles. The molecule has 2 fully saturated rings. The lowest BCUT2D eigenvalue weighted by Gasteiger charge is -2.36. The van der Waals surface area contributed by atoms with E-state index in [0.717, 1.165) is 65.5 Å². The Morgan fingerprint density at radius 1 is 0.723 bits per heavy atom. The Balaban J connectivity index is 0.000000161. The summed E-state index contributed by atoms with van der Waals surface area (Å²) in [7, 11) is 3.30. The first kappa shape index (κ1) is 33.0. The lowest BCUT2D eigenvalue weighted by atomic mass is 9.70. The van der Waals surface area contributed by atoms with Gasteiger partial charge in [0.2, 0.25) is 0 Å². The third kappa shape index (κ3) is 4.12. The van der Waals surface area contributed by atoms with Crippen molar-refractivity contribution in [1.82, 2.24) is 19.1 Å². The molecule has 0 spiro atoms. The Labute approximate surface area is 278 Å². The smallest absolute Gasteiger partial charge is 0.275 e. The number of methoxy groups -OCH3 is 2. The topological polar surface area (TPSA) is 83.2 Å². The zero-order valence-corrected chi connectivity index (χ0v) is 28.8. The van der Waals surface area contributed by atoms with E-state index in [-0.39, 0.29) is 40.2 Å². The van der Waals surface area contributed by atoms with Crippen LogP contribution in [0.1, 0.15) is 116 Å². The van der Waals surface area contributed by atoms with Gasteiger partial charge in [0.05, 0.1) is 31.3 Å². The molecule has 4 bridgehead atoms. The number of H-pyrrole nitrogens is 1.